The zero-order chi connectivity index (χ0) is 52.5. The van der Waals surface area contributed by atoms with E-state index in [-0.39, 0.29) is 35.5 Å². The highest BCUT2D eigenvalue weighted by atomic mass is 16.5. The molecule has 4 atom stereocenters. The molecular formula is C58H78N8O8. The van der Waals surface area contributed by atoms with Crippen LogP contribution in [0.3, 0.4) is 0 Å². The van der Waals surface area contributed by atoms with Gasteiger partial charge in [-0.3, -0.25) is 28.3 Å². The van der Waals surface area contributed by atoms with Gasteiger partial charge in [-0.15, -0.1) is 0 Å². The molecule has 4 heterocycles. The van der Waals surface area contributed by atoms with E-state index in [1.54, 1.807) is 31.3 Å². The molecule has 2 aromatic heterocycles. The molecular weight excluding hydrogens is 937 g/mol. The molecule has 2 aromatic carbocycles. The van der Waals surface area contributed by atoms with Gasteiger partial charge in [-0.25, -0.2) is 19.6 Å². The molecule has 0 bridgehead atoms. The van der Waals surface area contributed by atoms with Gasteiger partial charge < -0.3 is 29.9 Å². The van der Waals surface area contributed by atoms with Crippen LogP contribution in [0, 0.1) is 23.7 Å². The van der Waals surface area contributed by atoms with Gasteiger partial charge in [0.25, 0.3) is 0 Å². The monoisotopic (exact) mass is 1010 g/mol. The Morgan fingerprint density at radius 2 is 0.865 bits per heavy atom. The maximum Gasteiger partial charge on any atom is 0.407 e. The van der Waals surface area contributed by atoms with Gasteiger partial charge >= 0.3 is 12.2 Å². The second-order valence-corrected chi connectivity index (χ2v) is 21.8. The van der Waals surface area contributed by atoms with Crippen LogP contribution in [0.15, 0.2) is 60.9 Å². The number of rotatable bonds is 17. The van der Waals surface area contributed by atoms with E-state index in [4.69, 9.17) is 19.4 Å². The van der Waals surface area contributed by atoms with Crippen LogP contribution in [0.25, 0.3) is 33.6 Å². The first kappa shape index (κ1) is 54.0. The average Bonchev–Trinajstić information content (AvgIpc) is 4.27. The summed E-state index contributed by atoms with van der Waals surface area (Å²) < 4.78 is 13.2. The molecule has 0 spiro atoms. The molecule has 0 unspecified atom stereocenters. The zero-order valence-electron chi connectivity index (χ0n) is 44.5. The highest BCUT2D eigenvalue weighted by Gasteiger charge is 2.41. The summed E-state index contributed by atoms with van der Waals surface area (Å²) in [6.45, 7) is 8.51. The third kappa shape index (κ3) is 12.3. The number of aromatic nitrogens is 4. The highest BCUT2D eigenvalue weighted by Crippen LogP contribution is 2.39. The van der Waals surface area contributed by atoms with Crippen molar-refractivity contribution < 1.29 is 38.2 Å². The SMILES string of the molecule is COC(=O)N[C@H](C(=O)N1CCC[C@H]1c1ncc(-c2ccc(-c3ccc(-c4cnc([C@@H]5CCCN5C(=O)[C@@H](NC(=O)OC)C(C)C)n4C(=O)CCC4CCCCC4)cc3)cc2)n1C(=O)CCC1CCCCC1)C(C)C. The van der Waals surface area contributed by atoms with Crippen LogP contribution in [0.5, 0.6) is 0 Å². The van der Waals surface area contributed by atoms with E-state index < -0.39 is 36.4 Å². The maximum atomic E-state index is 14.5. The first-order chi connectivity index (χ1) is 35.8. The summed E-state index contributed by atoms with van der Waals surface area (Å²) in [6.07, 6.45) is 19.1. The summed E-state index contributed by atoms with van der Waals surface area (Å²) >= 11 is 0. The van der Waals surface area contributed by atoms with Crippen molar-refractivity contribution in [1.29, 1.82) is 0 Å². The Morgan fingerprint density at radius 1 is 0.514 bits per heavy atom. The molecule has 4 aromatic rings. The van der Waals surface area contributed by atoms with Crippen LogP contribution in [0.2, 0.25) is 0 Å². The first-order valence-corrected chi connectivity index (χ1v) is 27.5. The van der Waals surface area contributed by atoms with E-state index in [1.165, 1.54) is 52.7 Å². The first-order valence-electron chi connectivity index (χ1n) is 27.5. The van der Waals surface area contributed by atoms with Crippen molar-refractivity contribution in [3.8, 4) is 33.6 Å². The molecule has 2 saturated carbocycles. The Kier molecular flexibility index (Phi) is 18.1. The van der Waals surface area contributed by atoms with Crippen molar-refractivity contribution in [3.05, 3.63) is 72.6 Å². The lowest BCUT2D eigenvalue weighted by molar-refractivity contribution is -0.136. The second-order valence-electron chi connectivity index (χ2n) is 21.8. The lowest BCUT2D eigenvalue weighted by atomic mass is 9.86. The number of carbonyl (C=O) groups is 6. The van der Waals surface area contributed by atoms with Crippen molar-refractivity contribution in [2.45, 2.75) is 167 Å². The molecule has 4 aliphatic rings. The van der Waals surface area contributed by atoms with Crippen LogP contribution in [-0.2, 0) is 19.1 Å². The van der Waals surface area contributed by atoms with E-state index in [9.17, 15) is 28.8 Å². The molecule has 4 amide bonds. The maximum absolute atomic E-state index is 14.5. The minimum atomic E-state index is -0.797. The molecule has 74 heavy (non-hydrogen) atoms. The number of methoxy groups -OCH3 is 2. The zero-order valence-corrected chi connectivity index (χ0v) is 44.5. The van der Waals surface area contributed by atoms with Crippen LogP contribution >= 0.6 is 0 Å². The van der Waals surface area contributed by atoms with Gasteiger partial charge in [-0.05, 0) is 73.3 Å². The number of alkyl carbamates (subject to hydrolysis) is 2. The molecule has 0 radical (unpaired) electrons. The smallest absolute Gasteiger partial charge is 0.407 e. The van der Waals surface area contributed by atoms with Crippen LogP contribution < -0.4 is 10.6 Å². The topological polar surface area (TPSA) is 187 Å². The van der Waals surface area contributed by atoms with Crippen molar-refractivity contribution in [3.63, 3.8) is 0 Å². The number of nitrogens with one attached hydrogen (secondary N) is 2. The van der Waals surface area contributed by atoms with E-state index in [0.717, 1.165) is 73.6 Å². The summed E-state index contributed by atoms with van der Waals surface area (Å²) in [5.41, 5.74) is 4.89. The predicted octanol–water partition coefficient (Wildman–Crippen LogP) is 11.2. The Balaban J connectivity index is 1.07. The quantitative estimate of drug-likeness (QED) is 0.103. The number of hydrogen-bond acceptors (Lipinski definition) is 10. The molecule has 2 aliphatic heterocycles. The number of imidazole rings is 2. The Bertz CT molecular complexity index is 2410. The summed E-state index contributed by atoms with van der Waals surface area (Å²) in [5, 5.41) is 5.46. The van der Waals surface area contributed by atoms with Crippen LogP contribution in [0.1, 0.15) is 177 Å². The molecule has 8 rings (SSSR count). The number of likely N-dealkylation sites (tertiary alicyclic amines) is 2. The summed E-state index contributed by atoms with van der Waals surface area (Å²) in [5.74, 6) is 1.19. The molecule has 2 aliphatic carbocycles. The van der Waals surface area contributed by atoms with Crippen LogP contribution in [-0.4, -0.2) is 104 Å². The lowest BCUT2D eigenvalue weighted by Crippen LogP contribution is -2.51. The van der Waals surface area contributed by atoms with Gasteiger partial charge in [-0.1, -0.05) is 140 Å². The van der Waals surface area contributed by atoms with Gasteiger partial charge in [-0.2, -0.15) is 0 Å². The van der Waals surface area contributed by atoms with Gasteiger partial charge in [0, 0.05) is 37.1 Å². The summed E-state index contributed by atoms with van der Waals surface area (Å²) in [4.78, 5) is 95.4. The fourth-order valence-corrected chi connectivity index (χ4v) is 12.0. The molecule has 16 heteroatoms. The van der Waals surface area contributed by atoms with E-state index in [0.29, 0.717) is 73.6 Å². The normalized spacial score (nSPS) is 19.4. The fourth-order valence-electron chi connectivity index (χ4n) is 12.0. The van der Waals surface area contributed by atoms with Crippen molar-refractivity contribution >= 4 is 35.8 Å². The van der Waals surface area contributed by atoms with Crippen LogP contribution in [0.4, 0.5) is 9.59 Å². The summed E-state index contributed by atoms with van der Waals surface area (Å²) in [7, 11) is 2.56. The second kappa shape index (κ2) is 24.8. The molecule has 4 fully saturated rings. The van der Waals surface area contributed by atoms with E-state index in [1.807, 2.05) is 76.2 Å². The standard InChI is InChI=1S/C58H78N8O8/c1-37(2)51(61-57(71)73-5)55(69)63-33-13-19-45(63)53-59-35-47(65(53)49(67)31-21-39-15-9-7-10-16-39)43-27-23-41(24-28-43)42-25-29-44(30-26-42)48-36-60-54(66(48)50(68)32-22-40-17-11-8-12-18-40)46-20-14-34-64(46)56(70)52(38(3)4)62-58(72)74-6/h23-30,35-40,45-46,51-52H,7-22,31-34H2,1-6H3,(H,61,71)(H,62,72)/t45-,46-,51-,52-/m0/s1. The Labute approximate surface area is 436 Å². The molecule has 398 valence electrons. The summed E-state index contributed by atoms with van der Waals surface area (Å²) in [6, 6.07) is 13.7. The van der Waals surface area contributed by atoms with E-state index >= 15 is 0 Å². The third-order valence-electron chi connectivity index (χ3n) is 16.2. The van der Waals surface area contributed by atoms with Gasteiger partial charge in [0.15, 0.2) is 0 Å². The van der Waals surface area contributed by atoms with Crippen molar-refractivity contribution in [1.82, 2.24) is 39.5 Å². The number of benzene rings is 2. The van der Waals surface area contributed by atoms with Crippen molar-refractivity contribution in [2.24, 2.45) is 23.7 Å². The number of carbonyl (C=O) groups excluding carboxylic acids is 6. The number of hydrogen-bond donors (Lipinski definition) is 2. The number of nitrogens with zero attached hydrogens (tertiary/aromatic N) is 6. The predicted molar refractivity (Wildman–Crippen MR) is 283 cm³/mol. The largest absolute Gasteiger partial charge is 0.453 e. The highest BCUT2D eigenvalue weighted by molar-refractivity contribution is 5.89. The van der Waals surface area contributed by atoms with Gasteiger partial charge in [0.05, 0.1) is 50.1 Å². The minimum absolute atomic E-state index is 0.0393. The molecule has 16 nitrogen and oxygen atoms in total. The molecule has 2 N–H and O–H groups in total. The molecule has 2 saturated heterocycles. The van der Waals surface area contributed by atoms with Crippen molar-refractivity contribution in [2.75, 3.05) is 27.3 Å². The van der Waals surface area contributed by atoms with Gasteiger partial charge in [0.1, 0.15) is 23.7 Å². The third-order valence-corrected chi connectivity index (χ3v) is 16.2. The minimum Gasteiger partial charge on any atom is -0.453 e. The Morgan fingerprint density at radius 3 is 1.20 bits per heavy atom. The number of amides is 4. The number of ether oxygens (including phenoxy) is 2. The average molecular weight is 1020 g/mol. The fraction of sp³-hybridized carbons (Fsp3) is 0.586. The Hall–Kier alpha value is -6.32. The lowest BCUT2D eigenvalue weighted by Gasteiger charge is -2.31. The van der Waals surface area contributed by atoms with Gasteiger partial charge in [0.2, 0.25) is 23.6 Å². The van der Waals surface area contributed by atoms with E-state index in [2.05, 4.69) is 10.6 Å².